The van der Waals surface area contributed by atoms with Gasteiger partial charge in [0.1, 0.15) is 11.5 Å². The lowest BCUT2D eigenvalue weighted by atomic mass is 9.92. The molecule has 1 aromatic heterocycles. The number of benzene rings is 1. The van der Waals surface area contributed by atoms with Crippen molar-refractivity contribution in [2.45, 2.75) is 19.3 Å². The Labute approximate surface area is 141 Å². The smallest absolute Gasteiger partial charge is 0.228 e. The molecule has 2 aromatic rings. The van der Waals surface area contributed by atoms with Gasteiger partial charge in [-0.3, -0.25) is 9.78 Å². The molecule has 2 heterocycles. The van der Waals surface area contributed by atoms with E-state index in [0.717, 1.165) is 49.5 Å². The summed E-state index contributed by atoms with van der Waals surface area (Å²) in [5.74, 6) is 1.81. The Hall–Kier alpha value is -2.40. The number of nitrogens with zero attached hydrogens (tertiary/aromatic N) is 1. The third-order valence-corrected chi connectivity index (χ3v) is 5.11. The molecule has 1 amide bonds. The summed E-state index contributed by atoms with van der Waals surface area (Å²) in [4.78, 5) is 16.4. The molecule has 1 unspecified atom stereocenters. The van der Waals surface area contributed by atoms with Crippen molar-refractivity contribution in [3.8, 4) is 11.5 Å². The van der Waals surface area contributed by atoms with Crippen LogP contribution >= 0.6 is 0 Å². The highest BCUT2D eigenvalue weighted by atomic mass is 16.5. The molecule has 2 N–H and O–H groups in total. The summed E-state index contributed by atoms with van der Waals surface area (Å²) in [6.45, 7) is 2.07. The topological polar surface area (TPSA) is 63.2 Å². The maximum absolute atomic E-state index is 12.5. The van der Waals surface area contributed by atoms with Crippen LogP contribution in [0.25, 0.3) is 0 Å². The molecule has 1 spiro atoms. The Kier molecular flexibility index (Phi) is 3.94. The molecule has 1 aliphatic heterocycles. The van der Waals surface area contributed by atoms with Crippen LogP contribution in [0.1, 0.15) is 19.3 Å². The van der Waals surface area contributed by atoms with Gasteiger partial charge in [0.25, 0.3) is 0 Å². The van der Waals surface area contributed by atoms with Crippen molar-refractivity contribution < 1.29 is 9.53 Å². The van der Waals surface area contributed by atoms with Gasteiger partial charge in [0, 0.05) is 24.0 Å². The Morgan fingerprint density at radius 2 is 1.75 bits per heavy atom. The third-order valence-electron chi connectivity index (χ3n) is 5.11. The molecule has 24 heavy (non-hydrogen) atoms. The summed E-state index contributed by atoms with van der Waals surface area (Å²) in [7, 11) is 0. The molecule has 1 aliphatic carbocycles. The molecule has 2 fully saturated rings. The van der Waals surface area contributed by atoms with E-state index in [9.17, 15) is 4.79 Å². The molecule has 124 valence electrons. The number of piperidine rings is 1. The summed E-state index contributed by atoms with van der Waals surface area (Å²) in [6, 6.07) is 11.1. The molecular formula is C19H21N3O2. The van der Waals surface area contributed by atoms with E-state index in [1.54, 1.807) is 24.5 Å². The van der Waals surface area contributed by atoms with Crippen LogP contribution in [0.4, 0.5) is 5.69 Å². The van der Waals surface area contributed by atoms with Crippen molar-refractivity contribution >= 4 is 11.6 Å². The normalized spacial score (nSPS) is 21.2. The lowest BCUT2D eigenvalue weighted by Gasteiger charge is -2.23. The molecule has 4 rings (SSSR count). The first-order valence-corrected chi connectivity index (χ1v) is 8.45. The minimum absolute atomic E-state index is 0.153. The van der Waals surface area contributed by atoms with Crippen LogP contribution in [0.3, 0.4) is 0 Å². The summed E-state index contributed by atoms with van der Waals surface area (Å²) < 4.78 is 5.73. The highest BCUT2D eigenvalue weighted by Gasteiger charge is 2.57. The lowest BCUT2D eigenvalue weighted by Crippen LogP contribution is -2.31. The number of hydrogen-bond donors (Lipinski definition) is 2. The second-order valence-electron chi connectivity index (χ2n) is 6.67. The number of ether oxygens (including phenoxy) is 1. The summed E-state index contributed by atoms with van der Waals surface area (Å²) in [5, 5.41) is 6.41. The summed E-state index contributed by atoms with van der Waals surface area (Å²) in [6.07, 6.45) is 6.64. The number of rotatable bonds is 4. The Morgan fingerprint density at radius 1 is 1.08 bits per heavy atom. The minimum atomic E-state index is 0.153. The van der Waals surface area contributed by atoms with Gasteiger partial charge in [0.2, 0.25) is 5.91 Å². The van der Waals surface area contributed by atoms with Gasteiger partial charge >= 0.3 is 0 Å². The molecule has 1 saturated heterocycles. The first kappa shape index (κ1) is 15.1. The molecule has 0 radical (unpaired) electrons. The Morgan fingerprint density at radius 3 is 2.46 bits per heavy atom. The largest absolute Gasteiger partial charge is 0.457 e. The number of nitrogens with one attached hydrogen (secondary N) is 2. The lowest BCUT2D eigenvalue weighted by molar-refractivity contribution is -0.118. The highest BCUT2D eigenvalue weighted by Crippen LogP contribution is 2.58. The van der Waals surface area contributed by atoms with Gasteiger partial charge in [-0.05, 0) is 74.2 Å². The van der Waals surface area contributed by atoms with Gasteiger partial charge in [0.05, 0.1) is 0 Å². The van der Waals surface area contributed by atoms with E-state index >= 15 is 0 Å². The van der Waals surface area contributed by atoms with E-state index in [1.807, 2.05) is 24.3 Å². The predicted molar refractivity (Wildman–Crippen MR) is 92.0 cm³/mol. The molecular weight excluding hydrogens is 302 g/mol. The third kappa shape index (κ3) is 3.12. The first-order valence-electron chi connectivity index (χ1n) is 8.45. The van der Waals surface area contributed by atoms with E-state index < -0.39 is 0 Å². The quantitative estimate of drug-likeness (QED) is 0.907. The fourth-order valence-electron chi connectivity index (χ4n) is 3.57. The van der Waals surface area contributed by atoms with E-state index in [1.165, 1.54) is 0 Å². The van der Waals surface area contributed by atoms with Crippen LogP contribution in [0.15, 0.2) is 48.8 Å². The Bertz CT molecular complexity index is 709. The zero-order chi connectivity index (χ0) is 16.4. The van der Waals surface area contributed by atoms with Crippen LogP contribution in [0, 0.1) is 11.3 Å². The van der Waals surface area contributed by atoms with E-state index in [-0.39, 0.29) is 17.2 Å². The average Bonchev–Trinajstić information content (AvgIpc) is 3.31. The number of carbonyl (C=O) groups excluding carboxylic acids is 1. The molecule has 2 aliphatic rings. The standard InChI is InChI=1S/C19H21N3O2/c23-18(17-13-19(17)7-11-21-12-8-19)22-14-1-3-15(4-2-14)24-16-5-9-20-10-6-16/h1-6,9-10,17,21H,7-8,11-13H2,(H,22,23). The van der Waals surface area contributed by atoms with Crippen LogP contribution in [-0.4, -0.2) is 24.0 Å². The van der Waals surface area contributed by atoms with Gasteiger partial charge in [-0.1, -0.05) is 0 Å². The van der Waals surface area contributed by atoms with Gasteiger partial charge < -0.3 is 15.4 Å². The van der Waals surface area contributed by atoms with Gasteiger partial charge in [-0.2, -0.15) is 0 Å². The molecule has 1 saturated carbocycles. The van der Waals surface area contributed by atoms with Crippen molar-refractivity contribution in [2.75, 3.05) is 18.4 Å². The number of anilines is 1. The number of carbonyl (C=O) groups is 1. The molecule has 5 heteroatoms. The van der Waals surface area contributed by atoms with Crippen molar-refractivity contribution in [3.63, 3.8) is 0 Å². The minimum Gasteiger partial charge on any atom is -0.457 e. The first-order chi connectivity index (χ1) is 11.8. The maximum atomic E-state index is 12.5. The van der Waals surface area contributed by atoms with E-state index in [2.05, 4.69) is 15.6 Å². The van der Waals surface area contributed by atoms with Crippen molar-refractivity contribution in [1.29, 1.82) is 0 Å². The SMILES string of the molecule is O=C(Nc1ccc(Oc2ccncc2)cc1)C1CC12CCNCC2. The zero-order valence-electron chi connectivity index (χ0n) is 13.5. The zero-order valence-corrected chi connectivity index (χ0v) is 13.5. The second-order valence-corrected chi connectivity index (χ2v) is 6.67. The summed E-state index contributed by atoms with van der Waals surface area (Å²) >= 11 is 0. The van der Waals surface area contributed by atoms with Crippen LogP contribution in [-0.2, 0) is 4.79 Å². The average molecular weight is 323 g/mol. The fourth-order valence-corrected chi connectivity index (χ4v) is 3.57. The van der Waals surface area contributed by atoms with E-state index in [0.29, 0.717) is 0 Å². The van der Waals surface area contributed by atoms with Crippen LogP contribution in [0.5, 0.6) is 11.5 Å². The van der Waals surface area contributed by atoms with E-state index in [4.69, 9.17) is 4.74 Å². The molecule has 1 aromatic carbocycles. The highest BCUT2D eigenvalue weighted by molar-refractivity contribution is 5.95. The van der Waals surface area contributed by atoms with Crippen LogP contribution < -0.4 is 15.4 Å². The monoisotopic (exact) mass is 323 g/mol. The molecule has 1 atom stereocenters. The Balaban J connectivity index is 1.35. The number of aromatic nitrogens is 1. The maximum Gasteiger partial charge on any atom is 0.228 e. The number of hydrogen-bond acceptors (Lipinski definition) is 4. The molecule has 0 bridgehead atoms. The number of amides is 1. The van der Waals surface area contributed by atoms with Gasteiger partial charge in [0.15, 0.2) is 0 Å². The predicted octanol–water partition coefficient (Wildman–Crippen LogP) is 3.20. The van der Waals surface area contributed by atoms with Gasteiger partial charge in [-0.15, -0.1) is 0 Å². The van der Waals surface area contributed by atoms with Crippen LogP contribution in [0.2, 0.25) is 0 Å². The fraction of sp³-hybridized carbons (Fsp3) is 0.368. The van der Waals surface area contributed by atoms with Crippen molar-refractivity contribution in [1.82, 2.24) is 10.3 Å². The van der Waals surface area contributed by atoms with Crippen molar-refractivity contribution in [3.05, 3.63) is 48.8 Å². The van der Waals surface area contributed by atoms with Crippen molar-refractivity contribution in [2.24, 2.45) is 11.3 Å². The second kappa shape index (κ2) is 6.24. The number of pyridine rings is 1. The summed E-state index contributed by atoms with van der Waals surface area (Å²) in [5.41, 5.74) is 1.08. The molecule has 5 nitrogen and oxygen atoms in total. The van der Waals surface area contributed by atoms with Gasteiger partial charge in [-0.25, -0.2) is 0 Å².